The Morgan fingerprint density at radius 1 is 1.17 bits per heavy atom. The van der Waals surface area contributed by atoms with E-state index in [4.69, 9.17) is 16.3 Å². The molecule has 2 aromatic carbocycles. The molecule has 0 atom stereocenters. The fourth-order valence-corrected chi connectivity index (χ4v) is 3.71. The van der Waals surface area contributed by atoms with E-state index in [-0.39, 0.29) is 11.7 Å². The highest BCUT2D eigenvalue weighted by atomic mass is 35.5. The van der Waals surface area contributed by atoms with Crippen molar-refractivity contribution in [1.29, 1.82) is 0 Å². The van der Waals surface area contributed by atoms with Crippen LogP contribution in [0.15, 0.2) is 42.6 Å². The lowest BCUT2D eigenvalue weighted by Gasteiger charge is -2.15. The predicted octanol–water partition coefficient (Wildman–Crippen LogP) is 4.87. The summed E-state index contributed by atoms with van der Waals surface area (Å²) in [6.07, 6.45) is 2.12. The van der Waals surface area contributed by atoms with Gasteiger partial charge in [-0.3, -0.25) is 9.78 Å². The third kappa shape index (κ3) is 3.83. The number of carbonyl (C=O) groups is 1. The van der Waals surface area contributed by atoms with Crippen LogP contribution in [0.25, 0.3) is 11.1 Å². The summed E-state index contributed by atoms with van der Waals surface area (Å²) >= 11 is 6.48. The molecule has 0 unspecified atom stereocenters. The summed E-state index contributed by atoms with van der Waals surface area (Å²) in [7, 11) is 0. The maximum absolute atomic E-state index is 14.8. The molecule has 1 amide bonds. The van der Waals surface area contributed by atoms with Gasteiger partial charge in [0.25, 0.3) is 5.91 Å². The Balaban J connectivity index is 1.68. The van der Waals surface area contributed by atoms with Gasteiger partial charge in [-0.2, -0.15) is 0 Å². The van der Waals surface area contributed by atoms with Gasteiger partial charge < -0.3 is 10.1 Å². The van der Waals surface area contributed by atoms with Crippen LogP contribution >= 0.6 is 11.6 Å². The predicted molar refractivity (Wildman–Crippen MR) is 111 cm³/mol. The molecule has 4 nitrogen and oxygen atoms in total. The fraction of sp³-hybridized carbons (Fsp3) is 0.217. The number of aryl methyl sites for hydroxylation is 1. The highest BCUT2D eigenvalue weighted by molar-refractivity contribution is 6.33. The first-order valence-corrected chi connectivity index (χ1v) is 9.76. The number of nitrogens with zero attached hydrogens (tertiary/aromatic N) is 1. The van der Waals surface area contributed by atoms with Crippen molar-refractivity contribution in [2.45, 2.75) is 20.3 Å². The number of pyridine rings is 1. The van der Waals surface area contributed by atoms with Crippen LogP contribution < -0.4 is 10.1 Å². The van der Waals surface area contributed by atoms with Crippen LogP contribution in [0.3, 0.4) is 0 Å². The summed E-state index contributed by atoms with van der Waals surface area (Å²) in [5.74, 6) is -0.113. The molecule has 3 aromatic rings. The number of halogens is 2. The molecular formula is C23H20ClFN2O2. The van der Waals surface area contributed by atoms with E-state index in [9.17, 15) is 9.18 Å². The third-order valence-electron chi connectivity index (χ3n) is 5.10. The second-order valence-electron chi connectivity index (χ2n) is 7.13. The summed E-state index contributed by atoms with van der Waals surface area (Å²) in [5.41, 5.74) is 5.01. The number of hydrogen-bond donors (Lipinski definition) is 1. The van der Waals surface area contributed by atoms with E-state index in [1.807, 2.05) is 32.0 Å². The Bertz CT molecular complexity index is 1100. The van der Waals surface area contributed by atoms with Crippen molar-refractivity contribution in [2.75, 3.05) is 13.2 Å². The van der Waals surface area contributed by atoms with Crippen LogP contribution in [0.1, 0.15) is 32.7 Å². The Kier molecular flexibility index (Phi) is 5.24. The van der Waals surface area contributed by atoms with Crippen LogP contribution in [0.4, 0.5) is 4.39 Å². The Morgan fingerprint density at radius 2 is 2.00 bits per heavy atom. The van der Waals surface area contributed by atoms with Crippen molar-refractivity contribution in [3.05, 3.63) is 81.4 Å². The molecule has 0 saturated heterocycles. The molecule has 1 N–H and O–H groups in total. The summed E-state index contributed by atoms with van der Waals surface area (Å²) < 4.78 is 20.4. The number of rotatable bonds is 3. The minimum absolute atomic E-state index is 0.214. The smallest absolute Gasteiger partial charge is 0.255 e. The van der Waals surface area contributed by atoms with Crippen LogP contribution in [0.2, 0.25) is 5.02 Å². The number of benzene rings is 2. The number of nitrogens with one attached hydrogen (secondary N) is 1. The van der Waals surface area contributed by atoms with Crippen molar-refractivity contribution in [3.63, 3.8) is 0 Å². The molecule has 0 fully saturated rings. The quantitative estimate of drug-likeness (QED) is 0.670. The van der Waals surface area contributed by atoms with Gasteiger partial charge in [0.15, 0.2) is 5.75 Å². The zero-order valence-corrected chi connectivity index (χ0v) is 16.9. The first-order valence-electron chi connectivity index (χ1n) is 9.38. The largest absolute Gasteiger partial charge is 0.489 e. The van der Waals surface area contributed by atoms with Crippen molar-refractivity contribution in [2.24, 2.45) is 0 Å². The SMILES string of the molecule is Cc1ccc(-c2ccc(Cc3cc4c(c(Cl)c3C)OCCNC4=O)cc2F)cn1. The van der Waals surface area contributed by atoms with Crippen LogP contribution in [-0.2, 0) is 6.42 Å². The zero-order chi connectivity index (χ0) is 20.5. The van der Waals surface area contributed by atoms with E-state index in [2.05, 4.69) is 10.3 Å². The summed E-state index contributed by atoms with van der Waals surface area (Å²) in [5, 5.41) is 3.22. The zero-order valence-electron chi connectivity index (χ0n) is 16.2. The van der Waals surface area contributed by atoms with E-state index in [1.165, 1.54) is 6.07 Å². The van der Waals surface area contributed by atoms with Gasteiger partial charge in [-0.1, -0.05) is 29.8 Å². The lowest BCUT2D eigenvalue weighted by molar-refractivity contribution is 0.0957. The molecule has 1 aromatic heterocycles. The lowest BCUT2D eigenvalue weighted by atomic mass is 9.95. The van der Waals surface area contributed by atoms with Gasteiger partial charge in [-0.05, 0) is 55.2 Å². The van der Waals surface area contributed by atoms with Gasteiger partial charge >= 0.3 is 0 Å². The third-order valence-corrected chi connectivity index (χ3v) is 5.56. The highest BCUT2D eigenvalue weighted by Crippen LogP contribution is 2.36. The second kappa shape index (κ2) is 7.84. The van der Waals surface area contributed by atoms with Crippen molar-refractivity contribution in [3.8, 4) is 16.9 Å². The van der Waals surface area contributed by atoms with Gasteiger partial charge in [0.2, 0.25) is 0 Å². The van der Waals surface area contributed by atoms with Crippen LogP contribution in [-0.4, -0.2) is 24.0 Å². The second-order valence-corrected chi connectivity index (χ2v) is 7.51. The number of hydrogen-bond acceptors (Lipinski definition) is 3. The molecule has 1 aliphatic rings. The molecule has 0 bridgehead atoms. The molecule has 29 heavy (non-hydrogen) atoms. The van der Waals surface area contributed by atoms with Crippen LogP contribution in [0.5, 0.6) is 5.75 Å². The Labute approximate surface area is 173 Å². The molecule has 0 aliphatic carbocycles. The normalized spacial score (nSPS) is 13.3. The number of amides is 1. The topological polar surface area (TPSA) is 51.2 Å². The van der Waals surface area contributed by atoms with Gasteiger partial charge in [0.05, 0.1) is 17.1 Å². The Morgan fingerprint density at radius 3 is 2.72 bits per heavy atom. The standard InChI is InChI=1S/C23H20ClFN2O2/c1-13-3-5-16(12-27-13)18-6-4-15(10-20(18)25)9-17-11-19-22(21(24)14(17)2)29-8-7-26-23(19)28/h3-6,10-12H,7-9H2,1-2H3,(H,26,28). The van der Waals surface area contributed by atoms with Crippen molar-refractivity contribution in [1.82, 2.24) is 10.3 Å². The lowest BCUT2D eigenvalue weighted by Crippen LogP contribution is -2.24. The van der Waals surface area contributed by atoms with E-state index < -0.39 is 0 Å². The summed E-state index contributed by atoms with van der Waals surface area (Å²) in [6, 6.07) is 10.7. The van der Waals surface area contributed by atoms with Gasteiger partial charge in [-0.15, -0.1) is 0 Å². The molecule has 0 radical (unpaired) electrons. The van der Waals surface area contributed by atoms with Crippen molar-refractivity contribution >= 4 is 17.5 Å². The van der Waals surface area contributed by atoms with E-state index in [0.717, 1.165) is 27.9 Å². The minimum atomic E-state index is -0.312. The van der Waals surface area contributed by atoms with Crippen molar-refractivity contribution < 1.29 is 13.9 Å². The maximum atomic E-state index is 14.8. The van der Waals surface area contributed by atoms with Crippen LogP contribution in [0, 0.1) is 19.7 Å². The Hall–Kier alpha value is -2.92. The maximum Gasteiger partial charge on any atom is 0.255 e. The number of aromatic nitrogens is 1. The van der Waals surface area contributed by atoms with E-state index >= 15 is 0 Å². The highest BCUT2D eigenvalue weighted by Gasteiger charge is 2.23. The molecule has 0 spiro atoms. The molecule has 4 rings (SSSR count). The summed E-state index contributed by atoms with van der Waals surface area (Å²) in [4.78, 5) is 16.6. The molecule has 148 valence electrons. The average molecular weight is 411 g/mol. The molecule has 1 aliphatic heterocycles. The first-order chi connectivity index (χ1) is 13.9. The fourth-order valence-electron chi connectivity index (χ4n) is 3.43. The van der Waals surface area contributed by atoms with Gasteiger partial charge in [-0.25, -0.2) is 4.39 Å². The van der Waals surface area contributed by atoms with E-state index in [0.29, 0.717) is 41.5 Å². The molecule has 6 heteroatoms. The van der Waals surface area contributed by atoms with Gasteiger partial charge in [0.1, 0.15) is 12.4 Å². The molecule has 2 heterocycles. The number of ether oxygens (including phenoxy) is 1. The monoisotopic (exact) mass is 410 g/mol. The van der Waals surface area contributed by atoms with E-state index in [1.54, 1.807) is 18.3 Å². The molecular weight excluding hydrogens is 391 g/mol. The summed E-state index contributed by atoms with van der Waals surface area (Å²) in [6.45, 7) is 4.58. The minimum Gasteiger partial charge on any atom is -0.489 e. The van der Waals surface area contributed by atoms with Gasteiger partial charge in [0, 0.05) is 23.0 Å². The average Bonchev–Trinajstić information content (AvgIpc) is 2.89. The molecule has 0 saturated carbocycles. The number of fused-ring (bicyclic) bond motifs is 1. The number of carbonyl (C=O) groups excluding carboxylic acids is 1. The first kappa shape index (κ1) is 19.4.